The van der Waals surface area contributed by atoms with E-state index in [9.17, 15) is 5.11 Å². The molecular weight excluding hydrogens is 386 g/mol. The molecule has 5 heteroatoms. The number of aryl methyl sites for hydroxylation is 1. The fourth-order valence-corrected chi connectivity index (χ4v) is 4.63. The zero-order valence-corrected chi connectivity index (χ0v) is 18.8. The number of phenols is 1. The summed E-state index contributed by atoms with van der Waals surface area (Å²) in [5.41, 5.74) is 5.11. The Hall–Kier alpha value is -2.79. The van der Waals surface area contributed by atoms with Crippen LogP contribution < -0.4 is 10.1 Å². The van der Waals surface area contributed by atoms with Gasteiger partial charge in [-0.05, 0) is 32.4 Å². The van der Waals surface area contributed by atoms with Gasteiger partial charge in [-0.15, -0.1) is 0 Å². The van der Waals surface area contributed by atoms with E-state index in [0.29, 0.717) is 12.4 Å². The molecule has 1 atom stereocenters. The summed E-state index contributed by atoms with van der Waals surface area (Å²) in [5, 5.41) is 14.7. The topological polar surface area (TPSA) is 57.1 Å². The first-order valence-electron chi connectivity index (χ1n) is 11.2. The molecule has 2 aromatic rings. The Bertz CT molecular complexity index is 973. The van der Waals surface area contributed by atoms with Crippen LogP contribution in [0.15, 0.2) is 59.7 Å². The fourth-order valence-electron chi connectivity index (χ4n) is 4.63. The number of rotatable bonds is 5. The van der Waals surface area contributed by atoms with Crippen molar-refractivity contribution >= 4 is 5.71 Å². The van der Waals surface area contributed by atoms with Gasteiger partial charge in [0.1, 0.15) is 5.66 Å². The van der Waals surface area contributed by atoms with Crippen LogP contribution in [0.4, 0.5) is 0 Å². The average molecular weight is 420 g/mol. The molecule has 2 N–H and O–H groups in total. The van der Waals surface area contributed by atoms with Crippen molar-refractivity contribution in [3.63, 3.8) is 0 Å². The molecule has 4 rings (SSSR count). The Morgan fingerprint density at radius 1 is 1.23 bits per heavy atom. The largest absolute Gasteiger partial charge is 0.504 e. The van der Waals surface area contributed by atoms with E-state index < -0.39 is 0 Å². The molecule has 2 aliphatic rings. The number of likely N-dealkylation sites (tertiary alicyclic amines) is 1. The maximum atomic E-state index is 10.9. The van der Waals surface area contributed by atoms with Crippen molar-refractivity contribution in [1.29, 1.82) is 0 Å². The Morgan fingerprint density at radius 2 is 1.94 bits per heavy atom. The molecule has 1 saturated heterocycles. The van der Waals surface area contributed by atoms with Crippen molar-refractivity contribution in [1.82, 2.24) is 10.2 Å². The molecule has 2 aromatic carbocycles. The lowest BCUT2D eigenvalue weighted by atomic mass is 9.87. The molecule has 31 heavy (non-hydrogen) atoms. The second kappa shape index (κ2) is 8.75. The zero-order valence-electron chi connectivity index (χ0n) is 18.8. The van der Waals surface area contributed by atoms with Crippen molar-refractivity contribution in [2.24, 2.45) is 4.99 Å². The molecule has 2 heterocycles. The van der Waals surface area contributed by atoms with Gasteiger partial charge in [0, 0.05) is 55.4 Å². The average Bonchev–Trinajstić information content (AvgIpc) is 2.76. The molecule has 1 fully saturated rings. The van der Waals surface area contributed by atoms with Gasteiger partial charge in [0.2, 0.25) is 0 Å². The molecule has 2 aliphatic heterocycles. The van der Waals surface area contributed by atoms with Crippen LogP contribution in [0.1, 0.15) is 55.8 Å². The van der Waals surface area contributed by atoms with Gasteiger partial charge in [0.05, 0.1) is 6.61 Å². The predicted molar refractivity (Wildman–Crippen MR) is 126 cm³/mol. The Morgan fingerprint density at radius 3 is 2.58 bits per heavy atom. The van der Waals surface area contributed by atoms with Crippen LogP contribution in [-0.4, -0.2) is 41.1 Å². The number of aliphatic imine (C=N–C) groups is 1. The molecular formula is C26H33N3O2. The van der Waals surface area contributed by atoms with Gasteiger partial charge in [-0.25, -0.2) is 0 Å². The molecule has 0 unspecified atom stereocenters. The molecule has 0 amide bonds. The first-order chi connectivity index (χ1) is 14.9. The third-order valence-electron chi connectivity index (χ3n) is 6.41. The van der Waals surface area contributed by atoms with Crippen molar-refractivity contribution in [2.75, 3.05) is 19.7 Å². The Balaban J connectivity index is 1.71. The van der Waals surface area contributed by atoms with Gasteiger partial charge >= 0.3 is 0 Å². The molecule has 0 saturated carbocycles. The summed E-state index contributed by atoms with van der Waals surface area (Å²) in [7, 11) is 0. The first-order valence-corrected chi connectivity index (χ1v) is 11.2. The summed E-state index contributed by atoms with van der Waals surface area (Å²) < 4.78 is 5.65. The summed E-state index contributed by atoms with van der Waals surface area (Å²) in [6, 6.07) is 14.3. The smallest absolute Gasteiger partial charge is 0.162 e. The summed E-state index contributed by atoms with van der Waals surface area (Å²) in [6.45, 7) is 12.6. The second-order valence-electron chi connectivity index (χ2n) is 8.71. The highest BCUT2D eigenvalue weighted by molar-refractivity contribution is 6.01. The van der Waals surface area contributed by atoms with Crippen LogP contribution in [0.5, 0.6) is 11.5 Å². The maximum absolute atomic E-state index is 10.9. The molecule has 1 spiro atoms. The van der Waals surface area contributed by atoms with Crippen molar-refractivity contribution in [3.8, 4) is 11.5 Å². The van der Waals surface area contributed by atoms with E-state index in [-0.39, 0.29) is 17.5 Å². The number of allylic oxidation sites excluding steroid dienone is 1. The summed E-state index contributed by atoms with van der Waals surface area (Å²) in [4.78, 5) is 7.59. The predicted octanol–water partition coefficient (Wildman–Crippen LogP) is 4.95. The SMILES string of the molecule is C=C(C)N1CCC2(CC1)N=C(c1ccc(C)cc1)C[C@@H](c1cccc(OCC)c1O)N2. The number of nitrogens with one attached hydrogen (secondary N) is 1. The quantitative estimate of drug-likeness (QED) is 0.720. The van der Waals surface area contributed by atoms with Gasteiger partial charge < -0.3 is 14.7 Å². The van der Waals surface area contributed by atoms with E-state index in [1.54, 1.807) is 0 Å². The standard InChI is InChI=1S/C26H33N3O2/c1-5-31-24-8-6-7-21(25(24)30)23-17-22(20-11-9-19(4)10-12-20)27-26(28-23)13-15-29(16-14-26)18(2)3/h6-12,23,28,30H,2,5,13-17H2,1,3-4H3/t23-/m0/s1. The lowest BCUT2D eigenvalue weighted by Gasteiger charge is -2.46. The molecule has 164 valence electrons. The van der Waals surface area contributed by atoms with Crippen molar-refractivity contribution in [2.45, 2.75) is 51.7 Å². The van der Waals surface area contributed by atoms with Gasteiger partial charge in [-0.3, -0.25) is 10.3 Å². The van der Waals surface area contributed by atoms with Gasteiger partial charge in [0.25, 0.3) is 0 Å². The molecule has 0 aliphatic carbocycles. The summed E-state index contributed by atoms with van der Waals surface area (Å²) >= 11 is 0. The maximum Gasteiger partial charge on any atom is 0.162 e. The van der Waals surface area contributed by atoms with Crippen LogP contribution in [0.3, 0.4) is 0 Å². The molecule has 0 aromatic heterocycles. The number of piperidine rings is 1. The number of hydrogen-bond acceptors (Lipinski definition) is 5. The number of para-hydroxylation sites is 1. The van der Waals surface area contributed by atoms with E-state index in [1.807, 2.05) is 25.1 Å². The van der Waals surface area contributed by atoms with Crippen LogP contribution >= 0.6 is 0 Å². The van der Waals surface area contributed by atoms with Crippen molar-refractivity contribution in [3.05, 3.63) is 71.4 Å². The first kappa shape index (κ1) is 21.4. The van der Waals surface area contributed by atoms with Crippen molar-refractivity contribution < 1.29 is 9.84 Å². The highest BCUT2D eigenvalue weighted by atomic mass is 16.5. The second-order valence-corrected chi connectivity index (χ2v) is 8.71. The minimum Gasteiger partial charge on any atom is -0.504 e. The zero-order chi connectivity index (χ0) is 22.0. The normalized spacial score (nSPS) is 20.4. The van der Waals surface area contributed by atoms with Crippen LogP contribution in [0.2, 0.25) is 0 Å². The lowest BCUT2D eigenvalue weighted by Crippen LogP contribution is -2.55. The van der Waals surface area contributed by atoms with Crippen LogP contribution in [0.25, 0.3) is 0 Å². The number of aromatic hydroxyl groups is 1. The highest BCUT2D eigenvalue weighted by Crippen LogP contribution is 2.40. The number of hydrogen-bond donors (Lipinski definition) is 2. The third kappa shape index (κ3) is 4.47. The van der Waals surface area contributed by atoms with Crippen LogP contribution in [-0.2, 0) is 0 Å². The van der Waals surface area contributed by atoms with Gasteiger partial charge in [0.15, 0.2) is 11.5 Å². The van der Waals surface area contributed by atoms with Gasteiger partial charge in [-0.1, -0.05) is 48.5 Å². The van der Waals surface area contributed by atoms with E-state index in [4.69, 9.17) is 9.73 Å². The van der Waals surface area contributed by atoms with Crippen LogP contribution in [0, 0.1) is 6.92 Å². The lowest BCUT2D eigenvalue weighted by molar-refractivity contribution is 0.148. The number of phenolic OH excluding ortho intramolecular Hbond substituents is 1. The third-order valence-corrected chi connectivity index (χ3v) is 6.41. The minimum atomic E-state index is -0.344. The molecule has 5 nitrogen and oxygen atoms in total. The Kier molecular flexibility index (Phi) is 6.05. The van der Waals surface area contributed by atoms with E-state index in [0.717, 1.165) is 54.9 Å². The monoisotopic (exact) mass is 419 g/mol. The molecule has 0 radical (unpaired) electrons. The van der Waals surface area contributed by atoms with E-state index in [1.165, 1.54) is 5.56 Å². The van der Waals surface area contributed by atoms with Gasteiger partial charge in [-0.2, -0.15) is 0 Å². The number of ether oxygens (including phenoxy) is 1. The van der Waals surface area contributed by atoms with E-state index >= 15 is 0 Å². The number of nitrogens with zero attached hydrogens (tertiary/aromatic N) is 2. The highest BCUT2D eigenvalue weighted by Gasteiger charge is 2.40. The summed E-state index contributed by atoms with van der Waals surface area (Å²) in [5.74, 6) is 0.758. The summed E-state index contributed by atoms with van der Waals surface area (Å²) in [6.07, 6.45) is 2.52. The molecule has 0 bridgehead atoms. The fraction of sp³-hybridized carbons (Fsp3) is 0.423. The number of benzene rings is 2. The van der Waals surface area contributed by atoms with E-state index in [2.05, 4.69) is 54.9 Å². The minimum absolute atomic E-state index is 0.0365. The Labute approximate surface area is 185 Å².